The smallest absolute Gasteiger partial charge is 0.230 e. The van der Waals surface area contributed by atoms with Crippen molar-refractivity contribution in [3.8, 4) is 5.75 Å². The molecule has 1 aromatic carbocycles. The minimum atomic E-state index is -0.0368. The molecule has 2 N–H and O–H groups in total. The van der Waals surface area contributed by atoms with E-state index in [1.807, 2.05) is 24.3 Å². The van der Waals surface area contributed by atoms with Gasteiger partial charge in [0.1, 0.15) is 5.75 Å². The fourth-order valence-electron chi connectivity index (χ4n) is 2.25. The van der Waals surface area contributed by atoms with E-state index < -0.39 is 0 Å². The molecular formula is C18H20N4O2S3. The van der Waals surface area contributed by atoms with Crippen molar-refractivity contribution in [3.63, 3.8) is 0 Å². The van der Waals surface area contributed by atoms with Gasteiger partial charge in [-0.3, -0.25) is 4.79 Å². The highest BCUT2D eigenvalue weighted by atomic mass is 32.2. The van der Waals surface area contributed by atoms with Crippen LogP contribution in [0.2, 0.25) is 0 Å². The lowest BCUT2D eigenvalue weighted by Gasteiger charge is -2.06. The summed E-state index contributed by atoms with van der Waals surface area (Å²) in [6.45, 7) is 1.29. The highest BCUT2D eigenvalue weighted by Crippen LogP contribution is 2.25. The van der Waals surface area contributed by atoms with E-state index in [2.05, 4.69) is 38.3 Å². The quantitative estimate of drug-likeness (QED) is 0.488. The average Bonchev–Trinajstić information content (AvgIpc) is 3.37. The van der Waals surface area contributed by atoms with Crippen LogP contribution in [0.4, 0.5) is 5.13 Å². The standard InChI is InChI=1S/C18H20N4O2S3/c1-24-14-5-2-4-13(10-14)11-20-16(23)12-26-18-22-21-17(27-18)19-8-7-15-6-3-9-25-15/h2-6,9-10H,7-8,11-12H2,1H3,(H,19,21)(H,20,23). The molecule has 142 valence electrons. The summed E-state index contributed by atoms with van der Waals surface area (Å²) in [6, 6.07) is 11.8. The molecule has 3 rings (SSSR count). The van der Waals surface area contributed by atoms with E-state index in [1.54, 1.807) is 18.4 Å². The highest BCUT2D eigenvalue weighted by Gasteiger charge is 2.08. The van der Waals surface area contributed by atoms with Gasteiger partial charge < -0.3 is 15.4 Å². The number of thioether (sulfide) groups is 1. The van der Waals surface area contributed by atoms with Crippen molar-refractivity contribution < 1.29 is 9.53 Å². The summed E-state index contributed by atoms with van der Waals surface area (Å²) in [4.78, 5) is 13.4. The predicted molar refractivity (Wildman–Crippen MR) is 112 cm³/mol. The fourth-order valence-corrected chi connectivity index (χ4v) is 4.56. The van der Waals surface area contributed by atoms with Gasteiger partial charge in [0.2, 0.25) is 11.0 Å². The zero-order valence-corrected chi connectivity index (χ0v) is 17.3. The lowest BCUT2D eigenvalue weighted by molar-refractivity contribution is -0.118. The predicted octanol–water partition coefficient (Wildman–Crippen LogP) is 3.67. The molecule has 0 radical (unpaired) electrons. The maximum Gasteiger partial charge on any atom is 0.230 e. The number of anilines is 1. The van der Waals surface area contributed by atoms with Gasteiger partial charge in [-0.15, -0.1) is 21.5 Å². The molecule has 0 aliphatic carbocycles. The molecule has 0 saturated heterocycles. The summed E-state index contributed by atoms with van der Waals surface area (Å²) in [5.41, 5.74) is 1.00. The maximum absolute atomic E-state index is 12.0. The highest BCUT2D eigenvalue weighted by molar-refractivity contribution is 8.01. The monoisotopic (exact) mass is 420 g/mol. The summed E-state index contributed by atoms with van der Waals surface area (Å²) in [7, 11) is 1.63. The first kappa shape index (κ1) is 19.7. The SMILES string of the molecule is COc1cccc(CNC(=O)CSc2nnc(NCCc3cccs3)s2)c1. The van der Waals surface area contributed by atoms with Gasteiger partial charge >= 0.3 is 0 Å². The van der Waals surface area contributed by atoms with Gasteiger partial charge in [0.15, 0.2) is 4.34 Å². The number of ether oxygens (including phenoxy) is 1. The molecule has 9 heteroatoms. The first-order valence-corrected chi connectivity index (χ1v) is 11.0. The molecule has 1 amide bonds. The minimum absolute atomic E-state index is 0.0368. The molecule has 0 bridgehead atoms. The summed E-state index contributed by atoms with van der Waals surface area (Å²) >= 11 is 4.61. The average molecular weight is 421 g/mol. The van der Waals surface area contributed by atoms with E-state index >= 15 is 0 Å². The molecule has 2 heterocycles. The van der Waals surface area contributed by atoms with Crippen molar-refractivity contribution in [2.24, 2.45) is 0 Å². The van der Waals surface area contributed by atoms with Crippen molar-refractivity contribution in [2.75, 3.05) is 24.7 Å². The van der Waals surface area contributed by atoms with Gasteiger partial charge in [0.25, 0.3) is 0 Å². The van der Waals surface area contributed by atoms with Crippen molar-refractivity contribution in [1.29, 1.82) is 0 Å². The zero-order chi connectivity index (χ0) is 18.9. The topological polar surface area (TPSA) is 76.1 Å². The van der Waals surface area contributed by atoms with Crippen molar-refractivity contribution in [1.82, 2.24) is 15.5 Å². The molecule has 0 atom stereocenters. The number of rotatable bonds is 10. The van der Waals surface area contributed by atoms with E-state index in [0.29, 0.717) is 12.3 Å². The Morgan fingerprint density at radius 2 is 2.19 bits per heavy atom. The lowest BCUT2D eigenvalue weighted by Crippen LogP contribution is -2.24. The number of carbonyl (C=O) groups is 1. The summed E-state index contributed by atoms with van der Waals surface area (Å²) in [5, 5.41) is 17.3. The number of hydrogen-bond donors (Lipinski definition) is 2. The second-order valence-electron chi connectivity index (χ2n) is 5.55. The summed E-state index contributed by atoms with van der Waals surface area (Å²) < 4.78 is 5.96. The zero-order valence-electron chi connectivity index (χ0n) is 14.8. The number of carbonyl (C=O) groups excluding carboxylic acids is 1. The van der Waals surface area contributed by atoms with E-state index in [0.717, 1.165) is 33.7 Å². The number of thiophene rings is 1. The van der Waals surface area contributed by atoms with Crippen LogP contribution in [0.1, 0.15) is 10.4 Å². The Labute approximate surface area is 170 Å². The number of benzene rings is 1. The molecule has 0 fully saturated rings. The molecule has 2 aromatic heterocycles. The third kappa shape index (κ3) is 6.53. The largest absolute Gasteiger partial charge is 0.497 e. The van der Waals surface area contributed by atoms with Gasteiger partial charge in [0, 0.05) is 18.0 Å². The lowest BCUT2D eigenvalue weighted by atomic mass is 10.2. The van der Waals surface area contributed by atoms with E-state index in [9.17, 15) is 4.79 Å². The number of nitrogens with one attached hydrogen (secondary N) is 2. The first-order chi connectivity index (χ1) is 13.2. The van der Waals surface area contributed by atoms with E-state index in [-0.39, 0.29) is 5.91 Å². The van der Waals surface area contributed by atoms with Crippen LogP contribution in [-0.2, 0) is 17.8 Å². The van der Waals surface area contributed by atoms with Gasteiger partial charge in [-0.05, 0) is 35.6 Å². The molecule has 0 saturated carbocycles. The van der Waals surface area contributed by atoms with Crippen LogP contribution in [0.25, 0.3) is 0 Å². The van der Waals surface area contributed by atoms with Crippen LogP contribution in [0.3, 0.4) is 0 Å². The molecular weight excluding hydrogens is 400 g/mol. The van der Waals surface area contributed by atoms with E-state index in [1.165, 1.54) is 28.0 Å². The normalized spacial score (nSPS) is 10.6. The summed E-state index contributed by atoms with van der Waals surface area (Å²) in [6.07, 6.45) is 0.965. The Hall–Kier alpha value is -2.10. The van der Waals surface area contributed by atoms with Crippen LogP contribution < -0.4 is 15.4 Å². The number of aromatic nitrogens is 2. The van der Waals surface area contributed by atoms with E-state index in [4.69, 9.17) is 4.74 Å². The number of amides is 1. The van der Waals surface area contributed by atoms with Gasteiger partial charge in [-0.25, -0.2) is 0 Å². The Morgan fingerprint density at radius 3 is 3.00 bits per heavy atom. The van der Waals surface area contributed by atoms with Crippen LogP contribution in [0.15, 0.2) is 46.1 Å². The summed E-state index contributed by atoms with van der Waals surface area (Å²) in [5.74, 6) is 1.06. The Bertz CT molecular complexity index is 852. The third-order valence-corrected chi connectivity index (χ3v) is 6.54. The maximum atomic E-state index is 12.0. The van der Waals surface area contributed by atoms with Crippen molar-refractivity contribution in [2.45, 2.75) is 17.3 Å². The van der Waals surface area contributed by atoms with Gasteiger partial charge in [0.05, 0.1) is 12.9 Å². The van der Waals surface area contributed by atoms with Crippen LogP contribution in [0.5, 0.6) is 5.75 Å². The minimum Gasteiger partial charge on any atom is -0.497 e. The van der Waals surface area contributed by atoms with Gasteiger partial charge in [-0.2, -0.15) is 0 Å². The molecule has 3 aromatic rings. The second kappa shape index (κ2) is 10.3. The third-order valence-electron chi connectivity index (χ3n) is 3.58. The number of methoxy groups -OCH3 is 1. The van der Waals surface area contributed by atoms with Crippen LogP contribution in [0, 0.1) is 0 Å². The molecule has 0 aliphatic rings. The van der Waals surface area contributed by atoms with Crippen molar-refractivity contribution >= 4 is 45.5 Å². The van der Waals surface area contributed by atoms with Gasteiger partial charge in [-0.1, -0.05) is 41.3 Å². The van der Waals surface area contributed by atoms with Crippen LogP contribution >= 0.6 is 34.4 Å². The van der Waals surface area contributed by atoms with Crippen LogP contribution in [-0.4, -0.2) is 35.5 Å². The Kier molecular flexibility index (Phi) is 7.49. The molecule has 0 aliphatic heterocycles. The fraction of sp³-hybridized carbons (Fsp3) is 0.278. The molecule has 0 spiro atoms. The Balaban J connectivity index is 1.36. The van der Waals surface area contributed by atoms with Crippen molar-refractivity contribution in [3.05, 3.63) is 52.2 Å². The number of nitrogens with zero attached hydrogens (tertiary/aromatic N) is 2. The molecule has 27 heavy (non-hydrogen) atoms. The molecule has 0 unspecified atom stereocenters. The number of hydrogen-bond acceptors (Lipinski definition) is 8. The first-order valence-electron chi connectivity index (χ1n) is 8.35. The molecule has 6 nitrogen and oxygen atoms in total. The second-order valence-corrected chi connectivity index (χ2v) is 8.78. The Morgan fingerprint density at radius 1 is 1.26 bits per heavy atom.